The Hall–Kier alpha value is -2.82. The Balaban J connectivity index is 2.07. The number of ether oxygens (including phenoxy) is 3. The van der Waals surface area contributed by atoms with Gasteiger partial charge in [0, 0.05) is 11.1 Å². The summed E-state index contributed by atoms with van der Waals surface area (Å²) in [4.78, 5) is 24.4. The number of carbonyl (C=O) groups excluding carboxylic acids is 2. The molecule has 0 aliphatic carbocycles. The van der Waals surface area contributed by atoms with Crippen LogP contribution in [-0.4, -0.2) is 32.6 Å². The van der Waals surface area contributed by atoms with E-state index in [0.717, 1.165) is 17.5 Å². The first-order valence-electron chi connectivity index (χ1n) is 8.02. The van der Waals surface area contributed by atoms with Gasteiger partial charge >= 0.3 is 5.97 Å². The van der Waals surface area contributed by atoms with E-state index in [1.54, 1.807) is 24.3 Å². The Labute approximate surface area is 147 Å². The van der Waals surface area contributed by atoms with Gasteiger partial charge in [-0.05, 0) is 31.0 Å². The Morgan fingerprint density at radius 2 is 1.48 bits per heavy atom. The van der Waals surface area contributed by atoms with Gasteiger partial charge < -0.3 is 14.2 Å². The van der Waals surface area contributed by atoms with Crippen molar-refractivity contribution in [3.8, 4) is 11.5 Å². The third kappa shape index (κ3) is 4.38. The van der Waals surface area contributed by atoms with Gasteiger partial charge in [-0.15, -0.1) is 0 Å². The van der Waals surface area contributed by atoms with Gasteiger partial charge in [-0.25, -0.2) is 4.79 Å². The summed E-state index contributed by atoms with van der Waals surface area (Å²) in [6, 6.07) is 10.4. The van der Waals surface area contributed by atoms with Crippen LogP contribution in [0.2, 0.25) is 0 Å². The summed E-state index contributed by atoms with van der Waals surface area (Å²) in [5.74, 6) is 0.192. The molecule has 0 bridgehead atoms. The molecular weight excluding hydrogens is 320 g/mol. The lowest BCUT2D eigenvalue weighted by molar-refractivity contribution is 0.0474. The van der Waals surface area contributed by atoms with Crippen molar-refractivity contribution in [2.24, 2.45) is 0 Å². The molecule has 0 saturated carbocycles. The van der Waals surface area contributed by atoms with Crippen LogP contribution >= 0.6 is 0 Å². The molecule has 0 aliphatic rings. The summed E-state index contributed by atoms with van der Waals surface area (Å²) in [6.07, 6.45) is 0.903. The highest BCUT2D eigenvalue weighted by Crippen LogP contribution is 2.29. The molecule has 2 aromatic carbocycles. The number of rotatable bonds is 7. The maximum atomic E-state index is 12.2. The molecule has 0 N–H and O–H groups in total. The van der Waals surface area contributed by atoms with Crippen LogP contribution in [0.4, 0.5) is 0 Å². The molecule has 0 heterocycles. The summed E-state index contributed by atoms with van der Waals surface area (Å²) in [6.45, 7) is 3.56. The van der Waals surface area contributed by atoms with Gasteiger partial charge in [-0.3, -0.25) is 4.79 Å². The Kier molecular flexibility index (Phi) is 6.17. The molecule has 25 heavy (non-hydrogen) atoms. The van der Waals surface area contributed by atoms with Crippen LogP contribution in [0.1, 0.15) is 38.8 Å². The predicted molar refractivity (Wildman–Crippen MR) is 94.7 cm³/mol. The summed E-state index contributed by atoms with van der Waals surface area (Å²) < 4.78 is 15.6. The second kappa shape index (κ2) is 8.33. The van der Waals surface area contributed by atoms with E-state index in [2.05, 4.69) is 0 Å². The number of esters is 1. The number of carbonyl (C=O) groups is 2. The molecular formula is C20H22O5. The van der Waals surface area contributed by atoms with Crippen molar-refractivity contribution in [1.29, 1.82) is 0 Å². The number of methoxy groups -OCH3 is 2. The first-order valence-corrected chi connectivity index (χ1v) is 8.02. The van der Waals surface area contributed by atoms with Crippen molar-refractivity contribution in [2.45, 2.75) is 20.3 Å². The predicted octanol–water partition coefficient (Wildman–Crippen LogP) is 3.61. The van der Waals surface area contributed by atoms with Crippen LogP contribution in [0, 0.1) is 6.92 Å². The minimum atomic E-state index is -0.602. The molecule has 2 aromatic rings. The van der Waals surface area contributed by atoms with Crippen molar-refractivity contribution in [1.82, 2.24) is 0 Å². The van der Waals surface area contributed by atoms with Crippen LogP contribution in [0.25, 0.3) is 0 Å². The molecule has 132 valence electrons. The Bertz CT molecular complexity index is 737. The van der Waals surface area contributed by atoms with E-state index in [-0.39, 0.29) is 18.0 Å². The molecule has 2 rings (SSSR count). The zero-order chi connectivity index (χ0) is 18.4. The van der Waals surface area contributed by atoms with Crippen molar-refractivity contribution in [3.63, 3.8) is 0 Å². The van der Waals surface area contributed by atoms with Crippen molar-refractivity contribution in [3.05, 3.63) is 58.7 Å². The quantitative estimate of drug-likeness (QED) is 0.568. The SMILES string of the molecule is CCc1ccc(C(=O)COC(=O)c2cc(OC)c(C)c(OC)c2)cc1. The minimum absolute atomic E-state index is 0.248. The third-order valence-corrected chi connectivity index (χ3v) is 4.01. The average Bonchev–Trinajstić information content (AvgIpc) is 2.66. The van der Waals surface area contributed by atoms with Crippen LogP contribution < -0.4 is 9.47 Å². The smallest absolute Gasteiger partial charge is 0.338 e. The van der Waals surface area contributed by atoms with Gasteiger partial charge in [0.25, 0.3) is 0 Å². The number of hydrogen-bond donors (Lipinski definition) is 0. The number of hydrogen-bond acceptors (Lipinski definition) is 5. The molecule has 5 nitrogen and oxygen atoms in total. The van der Waals surface area contributed by atoms with Crippen molar-refractivity contribution < 1.29 is 23.8 Å². The second-order valence-electron chi connectivity index (χ2n) is 5.56. The molecule has 0 aliphatic heterocycles. The third-order valence-electron chi connectivity index (χ3n) is 4.01. The highest BCUT2D eigenvalue weighted by Gasteiger charge is 2.16. The van der Waals surface area contributed by atoms with Gasteiger partial charge in [0.1, 0.15) is 11.5 Å². The van der Waals surface area contributed by atoms with Crippen LogP contribution in [0.5, 0.6) is 11.5 Å². The molecule has 0 saturated heterocycles. The number of Topliss-reactive ketones (excluding diaryl/α,β-unsaturated/α-hetero) is 1. The number of benzene rings is 2. The maximum Gasteiger partial charge on any atom is 0.338 e. The van der Waals surface area contributed by atoms with E-state index < -0.39 is 5.97 Å². The fourth-order valence-electron chi connectivity index (χ4n) is 2.43. The minimum Gasteiger partial charge on any atom is -0.496 e. The zero-order valence-corrected chi connectivity index (χ0v) is 14.9. The summed E-state index contributed by atoms with van der Waals surface area (Å²) in [5, 5.41) is 0. The summed E-state index contributed by atoms with van der Waals surface area (Å²) in [5.41, 5.74) is 2.72. The number of ketones is 1. The molecule has 0 radical (unpaired) electrons. The lowest BCUT2D eigenvalue weighted by Gasteiger charge is -2.12. The summed E-state index contributed by atoms with van der Waals surface area (Å²) in [7, 11) is 3.03. The van der Waals surface area contributed by atoms with Crippen molar-refractivity contribution in [2.75, 3.05) is 20.8 Å². The topological polar surface area (TPSA) is 61.8 Å². The molecule has 5 heteroatoms. The second-order valence-corrected chi connectivity index (χ2v) is 5.56. The molecule has 0 aromatic heterocycles. The van der Waals surface area contributed by atoms with E-state index in [1.807, 2.05) is 26.0 Å². The van der Waals surface area contributed by atoms with E-state index in [1.165, 1.54) is 14.2 Å². The monoisotopic (exact) mass is 342 g/mol. The van der Waals surface area contributed by atoms with Crippen molar-refractivity contribution >= 4 is 11.8 Å². The van der Waals surface area contributed by atoms with Gasteiger partial charge in [0.2, 0.25) is 0 Å². The fourth-order valence-corrected chi connectivity index (χ4v) is 2.43. The summed E-state index contributed by atoms with van der Waals surface area (Å²) >= 11 is 0. The lowest BCUT2D eigenvalue weighted by atomic mass is 10.1. The molecule has 0 amide bonds. The first-order chi connectivity index (χ1) is 12.0. The van der Waals surface area contributed by atoms with E-state index in [0.29, 0.717) is 17.1 Å². The normalized spacial score (nSPS) is 10.2. The number of aryl methyl sites for hydroxylation is 1. The Morgan fingerprint density at radius 1 is 0.920 bits per heavy atom. The zero-order valence-electron chi connectivity index (χ0n) is 14.9. The average molecular weight is 342 g/mol. The van der Waals surface area contributed by atoms with E-state index >= 15 is 0 Å². The van der Waals surface area contributed by atoms with Gasteiger partial charge in [0.05, 0.1) is 19.8 Å². The fraction of sp³-hybridized carbons (Fsp3) is 0.300. The van der Waals surface area contributed by atoms with Crippen LogP contribution in [0.3, 0.4) is 0 Å². The maximum absolute atomic E-state index is 12.2. The van der Waals surface area contributed by atoms with E-state index in [4.69, 9.17) is 14.2 Å². The molecule has 0 fully saturated rings. The van der Waals surface area contributed by atoms with Gasteiger partial charge in [-0.2, -0.15) is 0 Å². The standard InChI is InChI=1S/C20H22O5/c1-5-14-6-8-15(9-7-14)17(21)12-25-20(22)16-10-18(23-3)13(2)19(11-16)24-4/h6-11H,5,12H2,1-4H3. The van der Waals surface area contributed by atoms with Gasteiger partial charge in [0.15, 0.2) is 12.4 Å². The largest absolute Gasteiger partial charge is 0.496 e. The van der Waals surface area contributed by atoms with Crippen LogP contribution in [-0.2, 0) is 11.2 Å². The van der Waals surface area contributed by atoms with E-state index in [9.17, 15) is 9.59 Å². The Morgan fingerprint density at radius 3 is 1.96 bits per heavy atom. The highest BCUT2D eigenvalue weighted by atomic mass is 16.5. The highest BCUT2D eigenvalue weighted by molar-refractivity contribution is 5.99. The lowest BCUT2D eigenvalue weighted by Crippen LogP contribution is -2.14. The van der Waals surface area contributed by atoms with Gasteiger partial charge in [-0.1, -0.05) is 31.2 Å². The van der Waals surface area contributed by atoms with Crippen LogP contribution in [0.15, 0.2) is 36.4 Å². The first kappa shape index (κ1) is 18.5. The molecule has 0 spiro atoms. The molecule has 0 atom stereocenters. The molecule has 0 unspecified atom stereocenters.